The number of anilines is 1. The minimum atomic E-state index is -1.19. The van der Waals surface area contributed by atoms with Gasteiger partial charge in [-0.2, -0.15) is 0 Å². The van der Waals surface area contributed by atoms with Crippen LogP contribution < -0.4 is 10.5 Å². The zero-order valence-electron chi connectivity index (χ0n) is 10.4. The van der Waals surface area contributed by atoms with Crippen LogP contribution in [0.15, 0.2) is 47.4 Å². The minimum Gasteiger partial charge on any atom is -0.497 e. The van der Waals surface area contributed by atoms with Crippen molar-refractivity contribution in [1.29, 1.82) is 0 Å². The zero-order chi connectivity index (χ0) is 13.8. The highest BCUT2D eigenvalue weighted by Gasteiger charge is 2.09. The summed E-state index contributed by atoms with van der Waals surface area (Å²) < 4.78 is 17.3. The highest BCUT2D eigenvalue weighted by atomic mass is 35.5. The van der Waals surface area contributed by atoms with Crippen LogP contribution in [-0.4, -0.2) is 11.3 Å². The first-order valence-electron chi connectivity index (χ1n) is 5.66. The second kappa shape index (κ2) is 6.08. The first-order valence-corrected chi connectivity index (χ1v) is 7.36. The number of benzene rings is 2. The van der Waals surface area contributed by atoms with Crippen molar-refractivity contribution < 1.29 is 8.95 Å². The Balaban J connectivity index is 2.15. The van der Waals surface area contributed by atoms with Crippen molar-refractivity contribution in [3.05, 3.63) is 53.1 Å². The molecule has 0 saturated heterocycles. The van der Waals surface area contributed by atoms with E-state index in [2.05, 4.69) is 0 Å². The summed E-state index contributed by atoms with van der Waals surface area (Å²) in [6.45, 7) is 0. The molecule has 0 aliphatic rings. The van der Waals surface area contributed by atoms with E-state index >= 15 is 0 Å². The molecule has 0 bridgehead atoms. The molecule has 1 atom stereocenters. The van der Waals surface area contributed by atoms with Gasteiger partial charge in [-0.3, -0.25) is 4.21 Å². The van der Waals surface area contributed by atoms with E-state index in [1.807, 2.05) is 24.3 Å². The molecule has 2 aromatic carbocycles. The Morgan fingerprint density at radius 2 is 1.89 bits per heavy atom. The van der Waals surface area contributed by atoms with Crippen LogP contribution in [0.4, 0.5) is 5.69 Å². The Kier molecular flexibility index (Phi) is 4.45. The third-order valence-electron chi connectivity index (χ3n) is 2.67. The number of halogens is 1. The molecule has 3 nitrogen and oxygen atoms in total. The Bertz CT molecular complexity index is 599. The summed E-state index contributed by atoms with van der Waals surface area (Å²) >= 11 is 5.82. The summed E-state index contributed by atoms with van der Waals surface area (Å²) in [5, 5.41) is 0.544. The molecule has 2 aromatic rings. The summed E-state index contributed by atoms with van der Waals surface area (Å²) in [6.07, 6.45) is 0. The Morgan fingerprint density at radius 3 is 2.47 bits per heavy atom. The molecule has 0 aliphatic heterocycles. The van der Waals surface area contributed by atoms with Gasteiger partial charge in [0, 0.05) is 10.7 Å². The molecule has 5 heteroatoms. The molecule has 0 aliphatic carbocycles. The van der Waals surface area contributed by atoms with Gasteiger partial charge in [0.1, 0.15) is 5.75 Å². The third-order valence-corrected chi connectivity index (χ3v) is 4.37. The maximum Gasteiger partial charge on any atom is 0.118 e. The van der Waals surface area contributed by atoms with Crippen molar-refractivity contribution in [3.63, 3.8) is 0 Å². The molecule has 1 unspecified atom stereocenters. The lowest BCUT2D eigenvalue weighted by Crippen LogP contribution is -2.01. The molecule has 0 amide bonds. The largest absolute Gasteiger partial charge is 0.497 e. The highest BCUT2D eigenvalue weighted by molar-refractivity contribution is 7.84. The second-order valence-corrected chi connectivity index (χ2v) is 5.88. The molecular weight excluding hydrogens is 282 g/mol. The molecule has 2 N–H and O–H groups in total. The molecule has 19 heavy (non-hydrogen) atoms. The smallest absolute Gasteiger partial charge is 0.118 e. The van der Waals surface area contributed by atoms with Gasteiger partial charge in [-0.1, -0.05) is 23.7 Å². The molecule has 0 spiro atoms. The fraction of sp³-hybridized carbons (Fsp3) is 0.143. The topological polar surface area (TPSA) is 52.3 Å². The van der Waals surface area contributed by atoms with E-state index in [4.69, 9.17) is 22.1 Å². The highest BCUT2D eigenvalue weighted by Crippen LogP contribution is 2.23. The summed E-state index contributed by atoms with van der Waals surface area (Å²) in [5.41, 5.74) is 7.25. The van der Waals surface area contributed by atoms with Crippen LogP contribution in [-0.2, 0) is 16.6 Å². The number of hydrogen-bond acceptors (Lipinski definition) is 3. The van der Waals surface area contributed by atoms with Gasteiger partial charge in [-0.15, -0.1) is 0 Å². The second-order valence-electron chi connectivity index (χ2n) is 4.02. The number of ether oxygens (including phenoxy) is 1. The van der Waals surface area contributed by atoms with Gasteiger partial charge in [0.05, 0.1) is 28.6 Å². The molecular formula is C14H14ClNO2S. The van der Waals surface area contributed by atoms with Crippen LogP contribution in [0.1, 0.15) is 5.56 Å². The van der Waals surface area contributed by atoms with Gasteiger partial charge < -0.3 is 10.5 Å². The molecule has 0 fully saturated rings. The van der Waals surface area contributed by atoms with Crippen molar-refractivity contribution >= 4 is 28.1 Å². The summed E-state index contributed by atoms with van der Waals surface area (Å²) in [5.74, 6) is 1.19. The normalized spacial score (nSPS) is 12.1. The van der Waals surface area contributed by atoms with E-state index in [0.717, 1.165) is 11.3 Å². The van der Waals surface area contributed by atoms with E-state index in [9.17, 15) is 4.21 Å². The molecule has 0 heterocycles. The van der Waals surface area contributed by atoms with E-state index in [1.165, 1.54) is 0 Å². The predicted molar refractivity (Wildman–Crippen MR) is 79.0 cm³/mol. The quantitative estimate of drug-likeness (QED) is 0.881. The number of nitrogens with two attached hydrogens (primary N) is 1. The van der Waals surface area contributed by atoms with Crippen molar-refractivity contribution in [3.8, 4) is 5.75 Å². The van der Waals surface area contributed by atoms with E-state index in [1.54, 1.807) is 25.3 Å². The molecule has 0 radical (unpaired) electrons. The van der Waals surface area contributed by atoms with E-state index in [0.29, 0.717) is 21.4 Å². The van der Waals surface area contributed by atoms with Gasteiger partial charge >= 0.3 is 0 Å². The number of nitrogen functional groups attached to an aromatic ring is 1. The Morgan fingerprint density at radius 1 is 1.21 bits per heavy atom. The van der Waals surface area contributed by atoms with Crippen LogP contribution in [0.3, 0.4) is 0 Å². The Labute approximate surface area is 119 Å². The summed E-state index contributed by atoms with van der Waals surface area (Å²) in [4.78, 5) is 0.611. The lowest BCUT2D eigenvalue weighted by atomic mass is 10.2. The molecule has 2 rings (SSSR count). The lowest BCUT2D eigenvalue weighted by molar-refractivity contribution is 0.414. The zero-order valence-corrected chi connectivity index (χ0v) is 12.0. The molecule has 0 aromatic heterocycles. The number of methoxy groups -OCH3 is 1. The van der Waals surface area contributed by atoms with Crippen molar-refractivity contribution in [2.45, 2.75) is 10.6 Å². The van der Waals surface area contributed by atoms with Crippen LogP contribution in [0.2, 0.25) is 5.02 Å². The van der Waals surface area contributed by atoms with Crippen LogP contribution in [0, 0.1) is 0 Å². The predicted octanol–water partition coefficient (Wildman–Crippen LogP) is 3.24. The standard InChI is InChI=1S/C14H14ClNO2S/c1-18-12-5-2-10(3-6-12)9-19(17)14-7-4-11(15)8-13(14)16/h2-8H,9,16H2,1H3. The van der Waals surface area contributed by atoms with Crippen LogP contribution in [0.25, 0.3) is 0 Å². The number of hydrogen-bond donors (Lipinski definition) is 1. The third kappa shape index (κ3) is 3.49. The van der Waals surface area contributed by atoms with Gasteiger partial charge in [0.2, 0.25) is 0 Å². The van der Waals surface area contributed by atoms with E-state index < -0.39 is 10.8 Å². The van der Waals surface area contributed by atoms with Crippen LogP contribution in [0.5, 0.6) is 5.75 Å². The van der Waals surface area contributed by atoms with Crippen molar-refractivity contribution in [1.82, 2.24) is 0 Å². The first-order chi connectivity index (χ1) is 9.10. The maximum atomic E-state index is 12.3. The van der Waals surface area contributed by atoms with Gasteiger partial charge in [0.15, 0.2) is 0 Å². The Hall–Kier alpha value is -1.52. The first kappa shape index (κ1) is 13.9. The SMILES string of the molecule is COc1ccc(CS(=O)c2ccc(Cl)cc2N)cc1. The van der Waals surface area contributed by atoms with Crippen LogP contribution >= 0.6 is 11.6 Å². The number of rotatable bonds is 4. The lowest BCUT2D eigenvalue weighted by Gasteiger charge is -2.07. The van der Waals surface area contributed by atoms with Gasteiger partial charge in [-0.05, 0) is 35.9 Å². The molecule has 100 valence electrons. The monoisotopic (exact) mass is 295 g/mol. The molecule has 0 saturated carbocycles. The fourth-order valence-corrected chi connectivity index (χ4v) is 3.05. The average molecular weight is 296 g/mol. The van der Waals surface area contributed by atoms with Gasteiger partial charge in [0.25, 0.3) is 0 Å². The van der Waals surface area contributed by atoms with E-state index in [-0.39, 0.29) is 0 Å². The van der Waals surface area contributed by atoms with Gasteiger partial charge in [-0.25, -0.2) is 0 Å². The average Bonchev–Trinajstić information content (AvgIpc) is 2.39. The summed E-state index contributed by atoms with van der Waals surface area (Å²) in [7, 11) is 0.425. The van der Waals surface area contributed by atoms with Crippen molar-refractivity contribution in [2.75, 3.05) is 12.8 Å². The summed E-state index contributed by atoms with van der Waals surface area (Å²) in [6, 6.07) is 12.5. The maximum absolute atomic E-state index is 12.3. The minimum absolute atomic E-state index is 0.413. The fourth-order valence-electron chi connectivity index (χ4n) is 1.68. The van der Waals surface area contributed by atoms with Crippen molar-refractivity contribution in [2.24, 2.45) is 0 Å².